The molecule has 1 heterocycles. The van der Waals surface area contributed by atoms with E-state index in [1.165, 1.54) is 0 Å². The van der Waals surface area contributed by atoms with Crippen molar-refractivity contribution in [3.63, 3.8) is 0 Å². The lowest BCUT2D eigenvalue weighted by molar-refractivity contribution is 0.487. The molecule has 0 saturated heterocycles. The monoisotopic (exact) mass is 283 g/mol. The van der Waals surface area contributed by atoms with Gasteiger partial charge in [0.05, 0.1) is 12.4 Å². The van der Waals surface area contributed by atoms with Gasteiger partial charge in [0, 0.05) is 18.0 Å². The first-order valence-corrected chi connectivity index (χ1v) is 6.54. The number of aromatic nitrogens is 2. The highest BCUT2D eigenvalue weighted by Crippen LogP contribution is 2.31. The van der Waals surface area contributed by atoms with Gasteiger partial charge in [0.2, 0.25) is 0 Å². The molecule has 3 rings (SSSR count). The smallest absolute Gasteiger partial charge is 0.165 e. The zero-order chi connectivity index (χ0) is 14.1. The highest BCUT2D eigenvalue weighted by molar-refractivity contribution is 7.80. The Labute approximate surface area is 121 Å². The fourth-order valence-electron chi connectivity index (χ4n) is 2.15. The van der Waals surface area contributed by atoms with Crippen LogP contribution in [0.3, 0.4) is 0 Å². The Bertz CT molecular complexity index is 795. The maximum atomic E-state index is 5.88. The average molecular weight is 283 g/mol. The van der Waals surface area contributed by atoms with Gasteiger partial charge in [-0.2, -0.15) is 5.10 Å². The van der Waals surface area contributed by atoms with Gasteiger partial charge in [0.15, 0.2) is 5.75 Å². The van der Waals surface area contributed by atoms with Gasteiger partial charge in [-0.1, -0.05) is 36.5 Å². The second kappa shape index (κ2) is 4.94. The minimum atomic E-state index is 0.383. The normalized spacial score (nSPS) is 10.7. The van der Waals surface area contributed by atoms with Crippen LogP contribution in [0.5, 0.6) is 11.5 Å². The number of hydrogen-bond acceptors (Lipinski definition) is 3. The summed E-state index contributed by atoms with van der Waals surface area (Å²) in [7, 11) is 1.85. The Kier molecular flexibility index (Phi) is 3.12. The van der Waals surface area contributed by atoms with Crippen molar-refractivity contribution in [3.8, 4) is 11.5 Å². The number of nitrogens with two attached hydrogens (primary N) is 1. The predicted molar refractivity (Wildman–Crippen MR) is 83.1 cm³/mol. The fourth-order valence-corrected chi connectivity index (χ4v) is 2.33. The standard InChI is InChI=1S/C15H13N3OS/c1-18-9-10(8-17-18)19-14-7-6-13(15(16)20)11-4-2-3-5-12(11)14/h2-9H,1H3,(H2,16,20). The van der Waals surface area contributed by atoms with Gasteiger partial charge < -0.3 is 10.5 Å². The summed E-state index contributed by atoms with van der Waals surface area (Å²) in [6.07, 6.45) is 3.49. The van der Waals surface area contributed by atoms with Crippen molar-refractivity contribution in [2.24, 2.45) is 12.8 Å². The summed E-state index contributed by atoms with van der Waals surface area (Å²) in [6, 6.07) is 11.7. The Morgan fingerprint density at radius 3 is 2.60 bits per heavy atom. The minimum absolute atomic E-state index is 0.383. The molecule has 3 aromatic rings. The van der Waals surface area contributed by atoms with E-state index >= 15 is 0 Å². The van der Waals surface area contributed by atoms with Gasteiger partial charge in [-0.25, -0.2) is 0 Å². The zero-order valence-electron chi connectivity index (χ0n) is 10.9. The predicted octanol–water partition coefficient (Wildman–Crippen LogP) is 3.00. The SMILES string of the molecule is Cn1cc(Oc2ccc(C(N)=S)c3ccccc23)cn1. The third kappa shape index (κ3) is 2.23. The van der Waals surface area contributed by atoms with Crippen molar-refractivity contribution in [2.75, 3.05) is 0 Å². The van der Waals surface area contributed by atoms with Gasteiger partial charge in [0.25, 0.3) is 0 Å². The maximum Gasteiger partial charge on any atom is 0.165 e. The molecular formula is C15H13N3OS. The third-order valence-electron chi connectivity index (χ3n) is 3.06. The average Bonchev–Trinajstić information content (AvgIpc) is 2.84. The van der Waals surface area contributed by atoms with Crippen LogP contribution in [0.2, 0.25) is 0 Å². The second-order valence-electron chi connectivity index (χ2n) is 4.47. The molecule has 4 nitrogen and oxygen atoms in total. The van der Waals surface area contributed by atoms with Crippen LogP contribution >= 0.6 is 12.2 Å². The van der Waals surface area contributed by atoms with Crippen LogP contribution in [-0.4, -0.2) is 14.8 Å². The van der Waals surface area contributed by atoms with Crippen LogP contribution < -0.4 is 10.5 Å². The molecule has 0 fully saturated rings. The number of thiocarbonyl (C=S) groups is 1. The highest BCUT2D eigenvalue weighted by atomic mass is 32.1. The van der Waals surface area contributed by atoms with E-state index in [-0.39, 0.29) is 0 Å². The van der Waals surface area contributed by atoms with Crippen molar-refractivity contribution >= 4 is 28.0 Å². The number of rotatable bonds is 3. The van der Waals surface area contributed by atoms with E-state index in [4.69, 9.17) is 22.7 Å². The molecule has 0 spiro atoms. The number of hydrogen-bond donors (Lipinski definition) is 1. The summed E-state index contributed by atoms with van der Waals surface area (Å²) in [4.78, 5) is 0.383. The van der Waals surface area contributed by atoms with Gasteiger partial charge in [0.1, 0.15) is 10.7 Å². The molecule has 2 N–H and O–H groups in total. The molecule has 100 valence electrons. The molecular weight excluding hydrogens is 270 g/mol. The van der Waals surface area contributed by atoms with Crippen molar-refractivity contribution in [1.82, 2.24) is 9.78 Å². The first-order chi connectivity index (χ1) is 9.65. The molecule has 0 atom stereocenters. The fraction of sp³-hybridized carbons (Fsp3) is 0.0667. The van der Waals surface area contributed by atoms with Gasteiger partial charge in [-0.15, -0.1) is 0 Å². The summed E-state index contributed by atoms with van der Waals surface area (Å²) in [5.41, 5.74) is 6.62. The summed E-state index contributed by atoms with van der Waals surface area (Å²) < 4.78 is 7.58. The number of benzene rings is 2. The molecule has 0 unspecified atom stereocenters. The van der Waals surface area contributed by atoms with Crippen LogP contribution in [0.15, 0.2) is 48.8 Å². The van der Waals surface area contributed by atoms with Crippen molar-refractivity contribution in [1.29, 1.82) is 0 Å². The molecule has 0 bridgehead atoms. The van der Waals surface area contributed by atoms with E-state index in [0.717, 1.165) is 22.1 Å². The van der Waals surface area contributed by atoms with Gasteiger partial charge >= 0.3 is 0 Å². The largest absolute Gasteiger partial charge is 0.453 e. The first-order valence-electron chi connectivity index (χ1n) is 6.13. The van der Waals surface area contributed by atoms with Gasteiger partial charge in [-0.05, 0) is 17.5 Å². The molecule has 0 amide bonds. The summed E-state index contributed by atoms with van der Waals surface area (Å²) in [5, 5.41) is 6.05. The molecule has 20 heavy (non-hydrogen) atoms. The number of aryl methyl sites for hydroxylation is 1. The van der Waals surface area contributed by atoms with Gasteiger partial charge in [-0.3, -0.25) is 4.68 Å². The zero-order valence-corrected chi connectivity index (χ0v) is 11.7. The molecule has 0 aliphatic rings. The quantitative estimate of drug-likeness (QED) is 0.751. The molecule has 0 aliphatic carbocycles. The van der Waals surface area contributed by atoms with Crippen LogP contribution in [-0.2, 0) is 7.05 Å². The Morgan fingerprint density at radius 2 is 1.95 bits per heavy atom. The Hall–Kier alpha value is -2.40. The third-order valence-corrected chi connectivity index (χ3v) is 3.28. The molecule has 0 aliphatic heterocycles. The van der Waals surface area contributed by atoms with E-state index in [9.17, 15) is 0 Å². The van der Waals surface area contributed by atoms with E-state index in [0.29, 0.717) is 10.7 Å². The number of ether oxygens (including phenoxy) is 1. The minimum Gasteiger partial charge on any atom is -0.453 e. The molecule has 0 saturated carbocycles. The van der Waals surface area contributed by atoms with E-state index < -0.39 is 0 Å². The molecule has 0 radical (unpaired) electrons. The number of nitrogens with zero attached hydrogens (tertiary/aromatic N) is 2. The lowest BCUT2D eigenvalue weighted by Crippen LogP contribution is -2.09. The number of fused-ring (bicyclic) bond motifs is 1. The first kappa shape index (κ1) is 12.6. The second-order valence-corrected chi connectivity index (χ2v) is 4.91. The molecule has 2 aromatic carbocycles. The van der Waals surface area contributed by atoms with Crippen LogP contribution in [0.1, 0.15) is 5.56 Å². The summed E-state index contributed by atoms with van der Waals surface area (Å²) in [5.74, 6) is 1.45. The van der Waals surface area contributed by atoms with E-state index in [2.05, 4.69) is 5.10 Å². The summed E-state index contributed by atoms with van der Waals surface area (Å²) in [6.45, 7) is 0. The van der Waals surface area contributed by atoms with E-state index in [1.807, 2.05) is 49.6 Å². The Morgan fingerprint density at radius 1 is 1.20 bits per heavy atom. The highest BCUT2D eigenvalue weighted by Gasteiger charge is 2.09. The van der Waals surface area contributed by atoms with Crippen LogP contribution in [0, 0.1) is 0 Å². The van der Waals surface area contributed by atoms with Crippen molar-refractivity contribution < 1.29 is 4.74 Å². The Balaban J connectivity index is 2.12. The molecule has 5 heteroatoms. The molecule has 1 aromatic heterocycles. The lowest BCUT2D eigenvalue weighted by atomic mass is 10.0. The van der Waals surface area contributed by atoms with E-state index in [1.54, 1.807) is 10.9 Å². The van der Waals surface area contributed by atoms with Crippen LogP contribution in [0.25, 0.3) is 10.8 Å². The lowest BCUT2D eigenvalue weighted by Gasteiger charge is -2.10. The topological polar surface area (TPSA) is 53.1 Å². The summed E-state index contributed by atoms with van der Waals surface area (Å²) >= 11 is 5.09. The van der Waals surface area contributed by atoms with Crippen LogP contribution in [0.4, 0.5) is 0 Å². The van der Waals surface area contributed by atoms with Crippen molar-refractivity contribution in [2.45, 2.75) is 0 Å². The van der Waals surface area contributed by atoms with Crippen molar-refractivity contribution in [3.05, 3.63) is 54.4 Å². The maximum absolute atomic E-state index is 5.88.